The Bertz CT molecular complexity index is 641. The topological polar surface area (TPSA) is 65.3 Å². The van der Waals surface area contributed by atoms with Gasteiger partial charge in [-0.2, -0.15) is 5.10 Å². The van der Waals surface area contributed by atoms with Gasteiger partial charge in [-0.05, 0) is 12.5 Å². The Kier molecular flexibility index (Phi) is 3.21. The summed E-state index contributed by atoms with van der Waals surface area (Å²) >= 11 is 5.02. The first-order valence-corrected chi connectivity index (χ1v) is 6.15. The van der Waals surface area contributed by atoms with Crippen LogP contribution in [0.3, 0.4) is 0 Å². The molecule has 0 spiro atoms. The third-order valence-corrected chi connectivity index (χ3v) is 3.74. The van der Waals surface area contributed by atoms with Gasteiger partial charge in [0, 0.05) is 24.4 Å². The molecule has 0 radical (unpaired) electrons. The van der Waals surface area contributed by atoms with Gasteiger partial charge >= 0.3 is 0 Å². The summed E-state index contributed by atoms with van der Waals surface area (Å²) < 4.78 is 3.23. The summed E-state index contributed by atoms with van der Waals surface area (Å²) in [5, 5.41) is 4.02. The number of nitrogens with two attached hydrogens (primary N) is 1. The summed E-state index contributed by atoms with van der Waals surface area (Å²) in [5.74, 6) is 0. The van der Waals surface area contributed by atoms with Crippen molar-refractivity contribution >= 4 is 22.7 Å². The SMILES string of the molecule is CC(C)(CCn1ccn2nccc2c1=O)C(N)=S. The average molecular weight is 264 g/mol. The zero-order valence-corrected chi connectivity index (χ0v) is 11.3. The molecule has 96 valence electrons. The molecule has 2 aromatic rings. The number of nitrogens with zero attached hydrogens (tertiary/aromatic N) is 3. The number of rotatable bonds is 4. The Morgan fingerprint density at radius 3 is 2.89 bits per heavy atom. The van der Waals surface area contributed by atoms with Gasteiger partial charge in [0.05, 0.1) is 11.2 Å². The highest BCUT2D eigenvalue weighted by atomic mass is 32.1. The Balaban J connectivity index is 2.25. The van der Waals surface area contributed by atoms with Gasteiger partial charge in [-0.15, -0.1) is 0 Å². The van der Waals surface area contributed by atoms with E-state index in [9.17, 15) is 4.79 Å². The lowest BCUT2D eigenvalue weighted by Gasteiger charge is -2.23. The number of hydrogen-bond donors (Lipinski definition) is 1. The van der Waals surface area contributed by atoms with Crippen LogP contribution in [0.5, 0.6) is 0 Å². The van der Waals surface area contributed by atoms with Gasteiger partial charge < -0.3 is 10.3 Å². The molecule has 0 atom stereocenters. The van der Waals surface area contributed by atoms with Gasteiger partial charge in [-0.1, -0.05) is 26.1 Å². The monoisotopic (exact) mass is 264 g/mol. The van der Waals surface area contributed by atoms with Crippen molar-refractivity contribution in [3.63, 3.8) is 0 Å². The fourth-order valence-electron chi connectivity index (χ4n) is 1.66. The number of hydrogen-bond acceptors (Lipinski definition) is 3. The number of aromatic nitrogens is 3. The van der Waals surface area contributed by atoms with E-state index < -0.39 is 0 Å². The maximum absolute atomic E-state index is 12.1. The lowest BCUT2D eigenvalue weighted by molar-refractivity contribution is 0.430. The van der Waals surface area contributed by atoms with E-state index >= 15 is 0 Å². The zero-order valence-electron chi connectivity index (χ0n) is 10.5. The Hall–Kier alpha value is -1.69. The molecule has 2 N–H and O–H groups in total. The highest BCUT2D eigenvalue weighted by Crippen LogP contribution is 2.21. The summed E-state index contributed by atoms with van der Waals surface area (Å²) in [4.78, 5) is 12.6. The van der Waals surface area contributed by atoms with Crippen molar-refractivity contribution < 1.29 is 0 Å². The van der Waals surface area contributed by atoms with Gasteiger partial charge in [0.25, 0.3) is 5.56 Å². The molecule has 0 saturated carbocycles. The van der Waals surface area contributed by atoms with Crippen LogP contribution in [0, 0.1) is 5.41 Å². The second kappa shape index (κ2) is 4.53. The maximum atomic E-state index is 12.1. The van der Waals surface area contributed by atoms with Gasteiger partial charge in [0.15, 0.2) is 0 Å². The molecule has 0 aliphatic heterocycles. The smallest absolute Gasteiger partial charge is 0.276 e. The van der Waals surface area contributed by atoms with Gasteiger partial charge in [0.1, 0.15) is 5.52 Å². The van der Waals surface area contributed by atoms with E-state index in [-0.39, 0.29) is 11.0 Å². The second-order valence-electron chi connectivity index (χ2n) is 4.96. The molecular weight excluding hydrogens is 248 g/mol. The Morgan fingerprint density at radius 1 is 1.50 bits per heavy atom. The van der Waals surface area contributed by atoms with E-state index in [1.54, 1.807) is 33.7 Å². The maximum Gasteiger partial charge on any atom is 0.276 e. The predicted molar refractivity (Wildman–Crippen MR) is 74.6 cm³/mol. The van der Waals surface area contributed by atoms with E-state index in [4.69, 9.17) is 18.0 Å². The van der Waals surface area contributed by atoms with Crippen LogP contribution in [0.25, 0.3) is 5.52 Å². The fourth-order valence-corrected chi connectivity index (χ4v) is 1.76. The van der Waals surface area contributed by atoms with Crippen LogP contribution in [0.15, 0.2) is 29.5 Å². The third-order valence-electron chi connectivity index (χ3n) is 3.18. The van der Waals surface area contributed by atoms with Crippen molar-refractivity contribution in [1.29, 1.82) is 0 Å². The molecule has 0 unspecified atom stereocenters. The average Bonchev–Trinajstić information content (AvgIpc) is 2.77. The van der Waals surface area contributed by atoms with E-state index in [2.05, 4.69) is 5.10 Å². The molecule has 18 heavy (non-hydrogen) atoms. The Morgan fingerprint density at radius 2 is 2.22 bits per heavy atom. The van der Waals surface area contributed by atoms with Crippen LogP contribution in [-0.4, -0.2) is 19.2 Å². The summed E-state index contributed by atoms with van der Waals surface area (Å²) in [6.07, 6.45) is 5.84. The molecule has 2 rings (SSSR count). The standard InChI is InChI=1S/C12H16N4OS/c1-12(2,11(13)18)4-6-15-7-8-16-9(10(15)17)3-5-14-16/h3,5,7-8H,4,6H2,1-2H3,(H2,13,18). The van der Waals surface area contributed by atoms with Crippen LogP contribution < -0.4 is 11.3 Å². The van der Waals surface area contributed by atoms with Crippen LogP contribution in [0.1, 0.15) is 20.3 Å². The molecule has 0 amide bonds. The molecule has 0 bridgehead atoms. The second-order valence-corrected chi connectivity index (χ2v) is 5.40. The molecule has 0 aromatic carbocycles. The first kappa shape index (κ1) is 12.8. The number of aryl methyl sites for hydroxylation is 1. The molecule has 2 heterocycles. The summed E-state index contributed by atoms with van der Waals surface area (Å²) in [6.45, 7) is 4.56. The third kappa shape index (κ3) is 2.28. The highest BCUT2D eigenvalue weighted by molar-refractivity contribution is 7.80. The molecule has 6 heteroatoms. The molecule has 2 aromatic heterocycles. The fraction of sp³-hybridized carbons (Fsp3) is 0.417. The van der Waals surface area contributed by atoms with E-state index in [1.807, 2.05) is 13.8 Å². The predicted octanol–water partition coefficient (Wildman–Crippen LogP) is 1.20. The molecule has 0 saturated heterocycles. The van der Waals surface area contributed by atoms with E-state index in [0.717, 1.165) is 6.42 Å². The van der Waals surface area contributed by atoms with E-state index in [1.165, 1.54) is 0 Å². The van der Waals surface area contributed by atoms with Crippen molar-refractivity contribution in [3.8, 4) is 0 Å². The summed E-state index contributed by atoms with van der Waals surface area (Å²) in [5.41, 5.74) is 5.95. The van der Waals surface area contributed by atoms with Crippen LogP contribution in [0.4, 0.5) is 0 Å². The van der Waals surface area contributed by atoms with Crippen molar-refractivity contribution in [1.82, 2.24) is 14.2 Å². The highest BCUT2D eigenvalue weighted by Gasteiger charge is 2.21. The molecule has 0 fully saturated rings. The quantitative estimate of drug-likeness (QED) is 0.843. The normalized spacial score (nSPS) is 11.9. The van der Waals surface area contributed by atoms with Crippen molar-refractivity contribution in [2.45, 2.75) is 26.8 Å². The Labute approximate surface area is 110 Å². The number of fused-ring (bicyclic) bond motifs is 1. The minimum atomic E-state index is -0.249. The van der Waals surface area contributed by atoms with E-state index in [0.29, 0.717) is 17.0 Å². The minimum Gasteiger partial charge on any atom is -0.393 e. The van der Waals surface area contributed by atoms with Gasteiger partial charge in [-0.25, -0.2) is 4.52 Å². The largest absolute Gasteiger partial charge is 0.393 e. The first-order chi connectivity index (χ1) is 8.42. The molecular formula is C12H16N4OS. The van der Waals surface area contributed by atoms with Gasteiger partial charge in [-0.3, -0.25) is 4.79 Å². The van der Waals surface area contributed by atoms with Gasteiger partial charge in [0.2, 0.25) is 0 Å². The lowest BCUT2D eigenvalue weighted by Crippen LogP contribution is -2.32. The summed E-state index contributed by atoms with van der Waals surface area (Å²) in [7, 11) is 0. The van der Waals surface area contributed by atoms with Crippen LogP contribution in [-0.2, 0) is 6.54 Å². The molecule has 5 nitrogen and oxygen atoms in total. The van der Waals surface area contributed by atoms with Crippen molar-refractivity contribution in [2.75, 3.05) is 0 Å². The molecule has 0 aliphatic carbocycles. The lowest BCUT2D eigenvalue weighted by atomic mass is 9.89. The summed E-state index contributed by atoms with van der Waals surface area (Å²) in [6, 6.07) is 1.71. The zero-order chi connectivity index (χ0) is 13.3. The number of thiocarbonyl (C=S) groups is 1. The van der Waals surface area contributed by atoms with Crippen molar-refractivity contribution in [3.05, 3.63) is 35.0 Å². The first-order valence-electron chi connectivity index (χ1n) is 5.74. The minimum absolute atomic E-state index is 0.0475. The molecule has 0 aliphatic rings. The van der Waals surface area contributed by atoms with Crippen LogP contribution in [0.2, 0.25) is 0 Å². The van der Waals surface area contributed by atoms with Crippen LogP contribution >= 0.6 is 12.2 Å². The van der Waals surface area contributed by atoms with Crippen molar-refractivity contribution in [2.24, 2.45) is 11.1 Å².